The van der Waals surface area contributed by atoms with Gasteiger partial charge in [-0.15, -0.1) is 0 Å². The first-order valence-corrected chi connectivity index (χ1v) is 14.1. The number of rotatable bonds is 9. The van der Waals surface area contributed by atoms with Crippen molar-refractivity contribution in [2.75, 3.05) is 32.7 Å². The number of quaternary nitrogens is 1. The lowest BCUT2D eigenvalue weighted by Gasteiger charge is -2.52. The van der Waals surface area contributed by atoms with E-state index in [0.717, 1.165) is 61.1 Å². The first kappa shape index (κ1) is 27.1. The molecule has 3 fully saturated rings. The van der Waals surface area contributed by atoms with Crippen LogP contribution < -0.4 is 5.32 Å². The molecule has 3 aromatic carbocycles. The molecule has 6 heteroatoms. The summed E-state index contributed by atoms with van der Waals surface area (Å²) in [5.74, 6) is -0.335. The monoisotopic (exact) mass is 527 g/mol. The van der Waals surface area contributed by atoms with E-state index in [9.17, 15) is 14.7 Å². The maximum atomic E-state index is 13.7. The second-order valence-electron chi connectivity index (χ2n) is 11.4. The van der Waals surface area contributed by atoms with Crippen LogP contribution in [0, 0.1) is 19.8 Å². The summed E-state index contributed by atoms with van der Waals surface area (Å²) in [4.78, 5) is 26.4. The van der Waals surface area contributed by atoms with E-state index in [-0.39, 0.29) is 12.0 Å². The second kappa shape index (κ2) is 11.3. The summed E-state index contributed by atoms with van der Waals surface area (Å²) < 4.78 is 7.07. The van der Waals surface area contributed by atoms with E-state index in [0.29, 0.717) is 29.2 Å². The van der Waals surface area contributed by atoms with Crippen LogP contribution in [0.25, 0.3) is 0 Å². The molecule has 1 amide bonds. The SMILES string of the molecule is Cc1cc(C)cc(C(=O)NCCC[N+]23CCC(CC2)[C@@H](OC(=O)C(O)(c2ccccc2)c2ccccc2)C3)c1. The van der Waals surface area contributed by atoms with E-state index in [1.807, 2.05) is 62.4 Å². The highest BCUT2D eigenvalue weighted by Gasteiger charge is 2.50. The van der Waals surface area contributed by atoms with Gasteiger partial charge in [0.2, 0.25) is 5.60 Å². The Labute approximate surface area is 231 Å². The minimum atomic E-state index is -1.86. The number of piperidine rings is 3. The molecule has 3 heterocycles. The van der Waals surface area contributed by atoms with Gasteiger partial charge in [0.25, 0.3) is 5.91 Å². The number of amides is 1. The molecule has 3 aliphatic heterocycles. The van der Waals surface area contributed by atoms with Gasteiger partial charge in [0.05, 0.1) is 19.6 Å². The first-order valence-electron chi connectivity index (χ1n) is 14.1. The second-order valence-corrected chi connectivity index (χ2v) is 11.4. The highest BCUT2D eigenvalue weighted by atomic mass is 16.6. The van der Waals surface area contributed by atoms with Crippen LogP contribution in [0.15, 0.2) is 78.9 Å². The van der Waals surface area contributed by atoms with E-state index in [2.05, 4.69) is 11.4 Å². The Bertz CT molecular complexity index is 1240. The maximum absolute atomic E-state index is 13.7. The third-order valence-corrected chi connectivity index (χ3v) is 8.56. The average molecular weight is 528 g/mol. The van der Waals surface area contributed by atoms with Gasteiger partial charge in [-0.3, -0.25) is 4.79 Å². The summed E-state index contributed by atoms with van der Waals surface area (Å²) in [6, 6.07) is 24.0. The molecule has 0 saturated carbocycles. The van der Waals surface area contributed by atoms with Gasteiger partial charge in [-0.2, -0.15) is 0 Å². The largest absolute Gasteiger partial charge is 0.453 e. The van der Waals surface area contributed by atoms with Gasteiger partial charge in [0.15, 0.2) is 6.10 Å². The van der Waals surface area contributed by atoms with Crippen LogP contribution >= 0.6 is 0 Å². The van der Waals surface area contributed by atoms with E-state index >= 15 is 0 Å². The van der Waals surface area contributed by atoms with Crippen LogP contribution in [0.2, 0.25) is 0 Å². The highest BCUT2D eigenvalue weighted by Crippen LogP contribution is 2.38. The highest BCUT2D eigenvalue weighted by molar-refractivity contribution is 5.94. The Morgan fingerprint density at radius 1 is 0.923 bits per heavy atom. The van der Waals surface area contributed by atoms with Gasteiger partial charge in [-0.25, -0.2) is 4.79 Å². The molecule has 3 aliphatic rings. The number of hydrogen-bond donors (Lipinski definition) is 2. The van der Waals surface area contributed by atoms with Crippen LogP contribution in [0.5, 0.6) is 0 Å². The molecule has 0 spiro atoms. The number of esters is 1. The predicted octanol–water partition coefficient (Wildman–Crippen LogP) is 4.51. The summed E-state index contributed by atoms with van der Waals surface area (Å²) in [5.41, 5.74) is 2.02. The fourth-order valence-corrected chi connectivity index (χ4v) is 6.48. The van der Waals surface area contributed by atoms with Crippen molar-refractivity contribution in [3.05, 3.63) is 107 Å². The van der Waals surface area contributed by atoms with Crippen molar-refractivity contribution in [2.45, 2.75) is 44.8 Å². The Balaban J connectivity index is 1.23. The molecule has 0 aromatic heterocycles. The fourth-order valence-electron chi connectivity index (χ4n) is 6.48. The molecule has 2 bridgehead atoms. The van der Waals surface area contributed by atoms with Crippen molar-refractivity contribution < 1.29 is 23.9 Å². The Kier molecular flexibility index (Phi) is 7.87. The minimum Gasteiger partial charge on any atom is -0.453 e. The van der Waals surface area contributed by atoms with Gasteiger partial charge in [0.1, 0.15) is 6.54 Å². The number of carbonyl (C=O) groups excluding carboxylic acids is 2. The van der Waals surface area contributed by atoms with Gasteiger partial charge in [-0.05, 0) is 37.1 Å². The summed E-state index contributed by atoms with van der Waals surface area (Å²) in [6.45, 7) is 8.42. The number of aliphatic hydroxyl groups is 1. The zero-order valence-corrected chi connectivity index (χ0v) is 22.9. The molecule has 1 atom stereocenters. The lowest BCUT2D eigenvalue weighted by atomic mass is 9.82. The molecule has 6 nitrogen and oxygen atoms in total. The Hall–Kier alpha value is -3.48. The smallest absolute Gasteiger partial charge is 0.348 e. The van der Waals surface area contributed by atoms with Gasteiger partial charge in [-0.1, -0.05) is 77.9 Å². The van der Waals surface area contributed by atoms with E-state index < -0.39 is 11.6 Å². The van der Waals surface area contributed by atoms with Crippen LogP contribution in [0.4, 0.5) is 0 Å². The molecule has 6 rings (SSSR count). The van der Waals surface area contributed by atoms with Gasteiger partial charge in [0, 0.05) is 37.3 Å². The van der Waals surface area contributed by atoms with Crippen LogP contribution in [-0.2, 0) is 15.1 Å². The van der Waals surface area contributed by atoms with Crippen LogP contribution in [0.1, 0.15) is 51.9 Å². The first-order chi connectivity index (χ1) is 18.8. The molecule has 2 N–H and O–H groups in total. The van der Waals surface area contributed by atoms with E-state index in [1.54, 1.807) is 24.3 Å². The van der Waals surface area contributed by atoms with Crippen molar-refractivity contribution in [3.63, 3.8) is 0 Å². The van der Waals surface area contributed by atoms with Gasteiger partial charge < -0.3 is 19.6 Å². The third kappa shape index (κ3) is 5.77. The molecular formula is C33H39N2O4+. The van der Waals surface area contributed by atoms with Crippen LogP contribution in [0.3, 0.4) is 0 Å². The average Bonchev–Trinajstić information content (AvgIpc) is 2.96. The topological polar surface area (TPSA) is 75.6 Å². The zero-order chi connectivity index (χ0) is 27.5. The number of ether oxygens (including phenoxy) is 1. The van der Waals surface area contributed by atoms with Crippen molar-refractivity contribution >= 4 is 11.9 Å². The number of aryl methyl sites for hydroxylation is 2. The van der Waals surface area contributed by atoms with Crippen molar-refractivity contribution in [1.82, 2.24) is 5.32 Å². The minimum absolute atomic E-state index is 0.0351. The standard InChI is InChI=1S/C33H38N2O4/c1-24-20-25(2)22-27(21-24)31(36)34-16-9-17-35-18-14-26(15-19-35)30(23-35)39-32(37)33(38,28-10-5-3-6-11-28)29-12-7-4-8-13-29/h3-8,10-13,20-22,26,30,38H,9,14-19,23H2,1-2H3/p+1/t26?,30-,35?/m0/s1. The van der Waals surface area contributed by atoms with Crippen LogP contribution in [-0.4, -0.2) is 60.3 Å². The summed E-state index contributed by atoms with van der Waals surface area (Å²) >= 11 is 0. The number of benzene rings is 3. The molecular weight excluding hydrogens is 488 g/mol. The lowest BCUT2D eigenvalue weighted by Crippen LogP contribution is -2.65. The summed E-state index contributed by atoms with van der Waals surface area (Å²) in [7, 11) is 0. The molecule has 39 heavy (non-hydrogen) atoms. The number of nitrogens with zero attached hydrogens (tertiary/aromatic N) is 1. The lowest BCUT2D eigenvalue weighted by molar-refractivity contribution is -0.946. The molecule has 3 aromatic rings. The van der Waals surface area contributed by atoms with E-state index in [1.165, 1.54) is 0 Å². The van der Waals surface area contributed by atoms with E-state index in [4.69, 9.17) is 4.74 Å². The Morgan fingerprint density at radius 2 is 1.49 bits per heavy atom. The predicted molar refractivity (Wildman–Crippen MR) is 151 cm³/mol. The molecule has 0 aliphatic carbocycles. The number of nitrogens with one attached hydrogen (secondary N) is 1. The normalized spacial score (nSPS) is 22.3. The number of fused-ring (bicyclic) bond motifs is 3. The zero-order valence-electron chi connectivity index (χ0n) is 22.9. The summed E-state index contributed by atoms with van der Waals surface area (Å²) in [6.07, 6.45) is 2.63. The maximum Gasteiger partial charge on any atom is 0.348 e. The number of carbonyl (C=O) groups is 2. The van der Waals surface area contributed by atoms with Crippen molar-refractivity contribution in [3.8, 4) is 0 Å². The molecule has 0 radical (unpaired) electrons. The van der Waals surface area contributed by atoms with Gasteiger partial charge >= 0.3 is 5.97 Å². The quantitative estimate of drug-likeness (QED) is 0.244. The number of hydrogen-bond acceptors (Lipinski definition) is 4. The third-order valence-electron chi connectivity index (χ3n) is 8.56. The molecule has 0 unspecified atom stereocenters. The molecule has 3 saturated heterocycles. The fraction of sp³-hybridized carbons (Fsp3) is 0.394. The Morgan fingerprint density at radius 3 is 2.05 bits per heavy atom. The summed E-state index contributed by atoms with van der Waals surface area (Å²) in [5, 5.41) is 14.9. The molecule has 204 valence electrons. The van der Waals surface area contributed by atoms with Crippen molar-refractivity contribution in [1.29, 1.82) is 0 Å². The van der Waals surface area contributed by atoms with Crippen molar-refractivity contribution in [2.24, 2.45) is 5.92 Å².